The van der Waals surface area contributed by atoms with Crippen molar-refractivity contribution < 1.29 is 14.3 Å². The number of rotatable bonds is 2. The number of aromatic amines is 1. The van der Waals surface area contributed by atoms with Crippen LogP contribution < -0.4 is 11.0 Å². The van der Waals surface area contributed by atoms with Gasteiger partial charge in [0.25, 0.3) is 5.56 Å². The lowest BCUT2D eigenvalue weighted by Crippen LogP contribution is -2.22. The van der Waals surface area contributed by atoms with Gasteiger partial charge in [0.05, 0.1) is 5.39 Å². The van der Waals surface area contributed by atoms with E-state index in [-0.39, 0.29) is 11.0 Å². The van der Waals surface area contributed by atoms with E-state index in [4.69, 9.17) is 5.11 Å². The van der Waals surface area contributed by atoms with Gasteiger partial charge in [-0.25, -0.2) is 14.2 Å². The van der Waals surface area contributed by atoms with E-state index in [0.717, 1.165) is 12.3 Å². The molecule has 3 rings (SSSR count). The third-order valence-corrected chi connectivity index (χ3v) is 3.59. The highest BCUT2D eigenvalue weighted by molar-refractivity contribution is 7.12. The lowest BCUT2D eigenvalue weighted by Gasteiger charge is -2.08. The number of H-pyrrole nitrogens is 1. The Kier molecular flexibility index (Phi) is 2.91. The highest BCUT2D eigenvalue weighted by atomic mass is 32.1. The first-order valence-corrected chi connectivity index (χ1v) is 6.48. The zero-order valence-electron chi connectivity index (χ0n) is 10.2. The predicted octanol–water partition coefficient (Wildman–Crippen LogP) is 0.973. The minimum absolute atomic E-state index is 0.00801. The van der Waals surface area contributed by atoms with Gasteiger partial charge < -0.3 is 10.1 Å². The van der Waals surface area contributed by atoms with Gasteiger partial charge in [-0.3, -0.25) is 14.2 Å². The van der Waals surface area contributed by atoms with Crippen molar-refractivity contribution in [3.8, 4) is 5.13 Å². The van der Waals surface area contributed by atoms with Gasteiger partial charge in [0, 0.05) is 17.8 Å². The fourth-order valence-corrected chi connectivity index (χ4v) is 2.52. The first-order chi connectivity index (χ1) is 9.99. The molecule has 0 atom stereocenters. The number of nitrogens with one attached hydrogen (secondary N) is 1. The summed E-state index contributed by atoms with van der Waals surface area (Å²) in [5, 5.41) is 10.8. The molecule has 0 saturated carbocycles. The molecule has 9 heteroatoms. The number of carboxylic acids is 1. The molecule has 7 nitrogen and oxygen atoms in total. The molecular formula is C12H6FN3O4S. The van der Waals surface area contributed by atoms with Crippen molar-refractivity contribution in [2.45, 2.75) is 0 Å². The number of aromatic nitrogens is 3. The minimum atomic E-state index is -1.45. The Labute approximate surface area is 118 Å². The fraction of sp³-hybridized carbons (Fsp3) is 0. The van der Waals surface area contributed by atoms with Crippen LogP contribution in [0.4, 0.5) is 4.39 Å². The fourth-order valence-electron chi connectivity index (χ4n) is 1.89. The van der Waals surface area contributed by atoms with Gasteiger partial charge in [0.1, 0.15) is 11.2 Å². The van der Waals surface area contributed by atoms with E-state index in [1.165, 1.54) is 22.1 Å². The summed E-state index contributed by atoms with van der Waals surface area (Å²) in [5.41, 5.74) is -2.42. The van der Waals surface area contributed by atoms with Gasteiger partial charge in [-0.05, 0) is 6.07 Å². The number of thiazole rings is 1. The zero-order chi connectivity index (χ0) is 15.1. The molecule has 2 N–H and O–H groups in total. The second kappa shape index (κ2) is 4.63. The molecule has 0 unspecified atom stereocenters. The Morgan fingerprint density at radius 2 is 2.19 bits per heavy atom. The summed E-state index contributed by atoms with van der Waals surface area (Å²) in [7, 11) is 0. The number of carbonyl (C=O) groups is 1. The Morgan fingerprint density at radius 1 is 1.43 bits per heavy atom. The average molecular weight is 307 g/mol. The number of aromatic carboxylic acids is 1. The molecule has 3 aromatic rings. The molecule has 0 aliphatic heterocycles. The maximum Gasteiger partial charge on any atom is 0.341 e. The van der Waals surface area contributed by atoms with Crippen LogP contribution in [-0.2, 0) is 0 Å². The number of pyridine rings is 2. The second-order valence-corrected chi connectivity index (χ2v) is 4.94. The number of nitrogens with zero attached hydrogens (tertiary/aromatic N) is 2. The van der Waals surface area contributed by atoms with Gasteiger partial charge in [0.15, 0.2) is 10.9 Å². The van der Waals surface area contributed by atoms with Crippen LogP contribution in [0.2, 0.25) is 0 Å². The highest BCUT2D eigenvalue weighted by Crippen LogP contribution is 2.17. The monoisotopic (exact) mass is 307 g/mol. The summed E-state index contributed by atoms with van der Waals surface area (Å²) in [4.78, 5) is 40.8. The van der Waals surface area contributed by atoms with Crippen molar-refractivity contribution in [2.75, 3.05) is 0 Å². The van der Waals surface area contributed by atoms with E-state index >= 15 is 0 Å². The van der Waals surface area contributed by atoms with Crippen LogP contribution in [0.25, 0.3) is 16.2 Å². The third kappa shape index (κ3) is 2.03. The summed E-state index contributed by atoms with van der Waals surface area (Å²) in [5.74, 6) is -2.60. The lowest BCUT2D eigenvalue weighted by molar-refractivity contribution is 0.0695. The molecule has 0 bridgehead atoms. The topological polar surface area (TPSA) is 105 Å². The van der Waals surface area contributed by atoms with Gasteiger partial charge in [0.2, 0.25) is 5.43 Å². The van der Waals surface area contributed by atoms with Crippen molar-refractivity contribution in [1.29, 1.82) is 0 Å². The number of carboxylic acid groups (broad SMARTS) is 1. The summed E-state index contributed by atoms with van der Waals surface area (Å²) in [6.45, 7) is 0. The molecule has 3 heterocycles. The molecule has 0 saturated heterocycles. The van der Waals surface area contributed by atoms with Crippen LogP contribution >= 0.6 is 11.3 Å². The van der Waals surface area contributed by atoms with Crippen LogP contribution in [0, 0.1) is 5.82 Å². The molecule has 106 valence electrons. The Balaban J connectivity index is 2.54. The molecule has 0 aliphatic carbocycles. The maximum atomic E-state index is 13.4. The van der Waals surface area contributed by atoms with Gasteiger partial charge in [-0.15, -0.1) is 11.3 Å². The van der Waals surface area contributed by atoms with E-state index in [1.807, 2.05) is 0 Å². The van der Waals surface area contributed by atoms with Crippen molar-refractivity contribution in [3.05, 3.63) is 55.8 Å². The van der Waals surface area contributed by atoms with Crippen LogP contribution in [0.1, 0.15) is 10.4 Å². The van der Waals surface area contributed by atoms with E-state index < -0.39 is 28.3 Å². The molecule has 0 radical (unpaired) electrons. The third-order valence-electron chi connectivity index (χ3n) is 2.82. The van der Waals surface area contributed by atoms with E-state index in [9.17, 15) is 18.8 Å². The summed E-state index contributed by atoms with van der Waals surface area (Å²) >= 11 is 1.17. The molecule has 0 spiro atoms. The van der Waals surface area contributed by atoms with Gasteiger partial charge in [-0.1, -0.05) is 0 Å². The van der Waals surface area contributed by atoms with Crippen LogP contribution in [-0.4, -0.2) is 25.6 Å². The first kappa shape index (κ1) is 13.2. The van der Waals surface area contributed by atoms with Crippen LogP contribution in [0.15, 0.2) is 33.4 Å². The zero-order valence-corrected chi connectivity index (χ0v) is 11.0. The van der Waals surface area contributed by atoms with E-state index in [1.54, 1.807) is 5.38 Å². The van der Waals surface area contributed by atoms with Crippen molar-refractivity contribution in [2.24, 2.45) is 0 Å². The quantitative estimate of drug-likeness (QED) is 0.734. The largest absolute Gasteiger partial charge is 0.477 e. The molecule has 21 heavy (non-hydrogen) atoms. The summed E-state index contributed by atoms with van der Waals surface area (Å²) in [6.07, 6.45) is 2.53. The maximum absolute atomic E-state index is 13.4. The molecular weight excluding hydrogens is 301 g/mol. The standard InChI is InChI=1S/C12H6FN3O4S/c13-7-3-5-8(17)6(11(19)20)4-16(9(5)15-10(7)18)12-14-1-2-21-12/h1-4H,(H,15,18)(H,19,20). The van der Waals surface area contributed by atoms with Gasteiger partial charge in [-0.2, -0.15) is 0 Å². The van der Waals surface area contributed by atoms with Crippen molar-refractivity contribution >= 4 is 28.3 Å². The highest BCUT2D eigenvalue weighted by Gasteiger charge is 2.18. The van der Waals surface area contributed by atoms with Crippen LogP contribution in [0.5, 0.6) is 0 Å². The predicted molar refractivity (Wildman–Crippen MR) is 72.8 cm³/mol. The summed E-state index contributed by atoms with van der Waals surface area (Å²) in [6, 6.07) is 0.729. The number of halogens is 1. The minimum Gasteiger partial charge on any atom is -0.477 e. The number of fused-ring (bicyclic) bond motifs is 1. The number of hydrogen-bond donors (Lipinski definition) is 2. The van der Waals surface area contributed by atoms with Crippen molar-refractivity contribution in [1.82, 2.24) is 14.5 Å². The van der Waals surface area contributed by atoms with Crippen molar-refractivity contribution in [3.63, 3.8) is 0 Å². The van der Waals surface area contributed by atoms with E-state index in [0.29, 0.717) is 5.13 Å². The molecule has 0 aromatic carbocycles. The smallest absolute Gasteiger partial charge is 0.341 e. The normalized spacial score (nSPS) is 10.9. The van der Waals surface area contributed by atoms with Crippen LogP contribution in [0.3, 0.4) is 0 Å². The second-order valence-electron chi connectivity index (χ2n) is 4.07. The first-order valence-electron chi connectivity index (χ1n) is 5.60. The lowest BCUT2D eigenvalue weighted by atomic mass is 10.2. The Morgan fingerprint density at radius 3 is 2.81 bits per heavy atom. The molecule has 0 amide bonds. The average Bonchev–Trinajstić information content (AvgIpc) is 2.95. The Hall–Kier alpha value is -2.81. The molecule has 3 aromatic heterocycles. The summed E-state index contributed by atoms with van der Waals surface area (Å²) < 4.78 is 14.6. The number of hydrogen-bond acceptors (Lipinski definition) is 5. The Bertz CT molecular complexity index is 975. The van der Waals surface area contributed by atoms with E-state index in [2.05, 4.69) is 9.97 Å². The van der Waals surface area contributed by atoms with Gasteiger partial charge >= 0.3 is 5.97 Å². The molecule has 0 fully saturated rings. The SMILES string of the molecule is O=C(O)c1cn(-c2nccs2)c2[nH]c(=O)c(F)cc2c1=O. The molecule has 0 aliphatic rings.